The first-order valence-electron chi connectivity index (χ1n) is 6.44. The van der Waals surface area contributed by atoms with Gasteiger partial charge in [0.1, 0.15) is 0 Å². The van der Waals surface area contributed by atoms with Crippen LogP contribution >= 0.6 is 0 Å². The van der Waals surface area contributed by atoms with Crippen LogP contribution in [0.2, 0.25) is 0 Å². The van der Waals surface area contributed by atoms with Gasteiger partial charge in [-0.3, -0.25) is 4.79 Å². The van der Waals surface area contributed by atoms with Crippen LogP contribution in [0.25, 0.3) is 0 Å². The van der Waals surface area contributed by atoms with Crippen molar-refractivity contribution in [3.8, 4) is 0 Å². The molecule has 1 heterocycles. The topological polar surface area (TPSA) is 98.4 Å². The Morgan fingerprint density at radius 1 is 1.41 bits per heavy atom. The van der Waals surface area contributed by atoms with Crippen molar-refractivity contribution in [1.82, 2.24) is 4.90 Å². The number of hydrogen-bond donors (Lipinski definition) is 3. The highest BCUT2D eigenvalue weighted by molar-refractivity contribution is 5.81. The molecule has 1 fully saturated rings. The summed E-state index contributed by atoms with van der Waals surface area (Å²) in [6, 6.07) is -0.369. The summed E-state index contributed by atoms with van der Waals surface area (Å²) in [5.41, 5.74) is 17.5. The second kappa shape index (κ2) is 6.33. The van der Waals surface area contributed by atoms with Gasteiger partial charge >= 0.3 is 0 Å². The number of piperidine rings is 1. The number of hydrogen-bond acceptors (Lipinski definition) is 4. The van der Waals surface area contributed by atoms with Gasteiger partial charge in [-0.05, 0) is 31.2 Å². The maximum atomic E-state index is 12.1. The maximum absolute atomic E-state index is 12.1. The van der Waals surface area contributed by atoms with Crippen molar-refractivity contribution in [2.24, 2.45) is 29.0 Å². The third kappa shape index (κ3) is 4.26. The van der Waals surface area contributed by atoms with E-state index in [1.165, 1.54) is 0 Å². The smallest absolute Gasteiger partial charge is 0.239 e. The molecule has 1 aliphatic rings. The molecule has 1 aliphatic heterocycles. The van der Waals surface area contributed by atoms with Gasteiger partial charge in [0.15, 0.2) is 0 Å². The minimum atomic E-state index is -0.404. The Hall–Kier alpha value is -0.650. The zero-order valence-electron chi connectivity index (χ0n) is 10.9. The molecule has 1 amide bonds. The molecular weight excluding hydrogens is 216 g/mol. The highest BCUT2D eigenvalue weighted by Crippen LogP contribution is 2.16. The normalized spacial score (nSPS) is 27.3. The minimum Gasteiger partial charge on any atom is -0.339 e. The molecular formula is C12H26N4O. The molecule has 0 aliphatic carbocycles. The fourth-order valence-corrected chi connectivity index (χ4v) is 2.44. The number of nitrogens with two attached hydrogens (primary N) is 3. The average molecular weight is 242 g/mol. The summed E-state index contributed by atoms with van der Waals surface area (Å²) >= 11 is 0. The summed E-state index contributed by atoms with van der Waals surface area (Å²) in [5, 5.41) is 0. The molecule has 17 heavy (non-hydrogen) atoms. The fourth-order valence-electron chi connectivity index (χ4n) is 2.44. The van der Waals surface area contributed by atoms with Crippen molar-refractivity contribution in [3.05, 3.63) is 0 Å². The van der Waals surface area contributed by atoms with E-state index < -0.39 is 6.04 Å². The molecule has 1 saturated heterocycles. The van der Waals surface area contributed by atoms with Gasteiger partial charge in [-0.1, -0.05) is 13.8 Å². The molecule has 1 rings (SSSR count). The second-order valence-electron chi connectivity index (χ2n) is 5.58. The van der Waals surface area contributed by atoms with E-state index in [0.29, 0.717) is 31.5 Å². The molecule has 0 aromatic carbocycles. The first kappa shape index (κ1) is 14.4. The van der Waals surface area contributed by atoms with E-state index in [2.05, 4.69) is 13.8 Å². The van der Waals surface area contributed by atoms with Crippen LogP contribution in [0.15, 0.2) is 0 Å². The van der Waals surface area contributed by atoms with E-state index in [1.807, 2.05) is 0 Å². The molecule has 0 aromatic rings. The molecule has 0 bridgehead atoms. The van der Waals surface area contributed by atoms with E-state index in [9.17, 15) is 4.79 Å². The van der Waals surface area contributed by atoms with Gasteiger partial charge < -0.3 is 22.1 Å². The largest absolute Gasteiger partial charge is 0.339 e. The molecule has 0 spiro atoms. The molecule has 0 aromatic heterocycles. The summed E-state index contributed by atoms with van der Waals surface area (Å²) in [5.74, 6) is 0.763. The van der Waals surface area contributed by atoms with Gasteiger partial charge in [-0.15, -0.1) is 0 Å². The van der Waals surface area contributed by atoms with Crippen LogP contribution in [0.5, 0.6) is 0 Å². The Morgan fingerprint density at radius 2 is 2.06 bits per heavy atom. The molecule has 5 heteroatoms. The Bertz CT molecular complexity index is 257. The van der Waals surface area contributed by atoms with Gasteiger partial charge in [-0.25, -0.2) is 0 Å². The minimum absolute atomic E-state index is 0.0206. The van der Waals surface area contributed by atoms with Crippen molar-refractivity contribution < 1.29 is 4.79 Å². The second-order valence-corrected chi connectivity index (χ2v) is 5.58. The van der Waals surface area contributed by atoms with Gasteiger partial charge in [0.25, 0.3) is 0 Å². The van der Waals surface area contributed by atoms with Crippen LogP contribution < -0.4 is 17.2 Å². The van der Waals surface area contributed by atoms with Crippen molar-refractivity contribution in [2.75, 3.05) is 19.6 Å². The Morgan fingerprint density at radius 3 is 2.59 bits per heavy atom. The number of nitrogens with zero attached hydrogens (tertiary/aromatic N) is 1. The first-order chi connectivity index (χ1) is 7.93. The van der Waals surface area contributed by atoms with Gasteiger partial charge in [-0.2, -0.15) is 0 Å². The van der Waals surface area contributed by atoms with Crippen molar-refractivity contribution in [1.29, 1.82) is 0 Å². The predicted octanol–water partition coefficient (Wildman–Crippen LogP) is -0.506. The highest BCUT2D eigenvalue weighted by atomic mass is 16.2. The Kier molecular flexibility index (Phi) is 5.36. The number of likely N-dealkylation sites (tertiary alicyclic amines) is 1. The molecule has 0 saturated carbocycles. The number of rotatable bonds is 4. The highest BCUT2D eigenvalue weighted by Gasteiger charge is 2.30. The number of carbonyl (C=O) groups excluding carboxylic acids is 1. The zero-order valence-corrected chi connectivity index (χ0v) is 10.9. The lowest BCUT2D eigenvalue weighted by Gasteiger charge is -2.37. The maximum Gasteiger partial charge on any atom is 0.239 e. The van der Waals surface area contributed by atoms with Gasteiger partial charge in [0.2, 0.25) is 5.91 Å². The fraction of sp³-hybridized carbons (Fsp3) is 0.917. The zero-order chi connectivity index (χ0) is 13.0. The van der Waals surface area contributed by atoms with Crippen LogP contribution in [0.1, 0.15) is 26.7 Å². The van der Waals surface area contributed by atoms with Crippen LogP contribution in [0.3, 0.4) is 0 Å². The number of carbonyl (C=O) groups is 1. The lowest BCUT2D eigenvalue weighted by atomic mass is 9.93. The van der Waals surface area contributed by atoms with Crippen molar-refractivity contribution in [2.45, 2.75) is 38.8 Å². The summed E-state index contributed by atoms with van der Waals surface area (Å²) in [6.07, 6.45) is 1.62. The molecule has 3 unspecified atom stereocenters. The van der Waals surface area contributed by atoms with Crippen molar-refractivity contribution >= 4 is 5.91 Å². The van der Waals surface area contributed by atoms with Crippen molar-refractivity contribution in [3.63, 3.8) is 0 Å². The summed E-state index contributed by atoms with van der Waals surface area (Å²) in [4.78, 5) is 13.9. The van der Waals surface area contributed by atoms with Crippen LogP contribution in [-0.2, 0) is 4.79 Å². The van der Waals surface area contributed by atoms with Crippen LogP contribution in [0, 0.1) is 11.8 Å². The molecule has 5 nitrogen and oxygen atoms in total. The van der Waals surface area contributed by atoms with E-state index in [4.69, 9.17) is 17.2 Å². The van der Waals surface area contributed by atoms with Gasteiger partial charge in [0, 0.05) is 19.1 Å². The number of amides is 1. The molecule has 3 atom stereocenters. The Balaban J connectivity index is 2.55. The van der Waals surface area contributed by atoms with Crippen LogP contribution in [0.4, 0.5) is 0 Å². The lowest BCUT2D eigenvalue weighted by Crippen LogP contribution is -2.55. The Labute approximate surface area is 104 Å². The predicted molar refractivity (Wildman–Crippen MR) is 69.1 cm³/mol. The SMILES string of the molecule is CC(C)CC(N)C(=O)N1CC(N)CC(CN)C1. The lowest BCUT2D eigenvalue weighted by molar-refractivity contribution is -0.135. The summed E-state index contributed by atoms with van der Waals surface area (Å²) in [7, 11) is 0. The summed E-state index contributed by atoms with van der Waals surface area (Å²) in [6.45, 7) is 6.03. The third-order valence-corrected chi connectivity index (χ3v) is 3.26. The van der Waals surface area contributed by atoms with E-state index in [1.54, 1.807) is 4.90 Å². The standard InChI is InChI=1S/C12H26N4O/c1-8(2)3-11(15)12(17)16-6-9(5-13)4-10(14)7-16/h8-11H,3-7,13-15H2,1-2H3. The third-order valence-electron chi connectivity index (χ3n) is 3.26. The van der Waals surface area contributed by atoms with E-state index in [0.717, 1.165) is 12.8 Å². The molecule has 100 valence electrons. The van der Waals surface area contributed by atoms with E-state index in [-0.39, 0.29) is 11.9 Å². The molecule has 0 radical (unpaired) electrons. The molecule has 6 N–H and O–H groups in total. The van der Waals surface area contributed by atoms with Gasteiger partial charge in [0.05, 0.1) is 6.04 Å². The monoisotopic (exact) mass is 242 g/mol. The van der Waals surface area contributed by atoms with E-state index >= 15 is 0 Å². The summed E-state index contributed by atoms with van der Waals surface area (Å²) < 4.78 is 0. The van der Waals surface area contributed by atoms with Crippen LogP contribution in [-0.4, -0.2) is 42.5 Å². The average Bonchev–Trinajstić information content (AvgIpc) is 2.26. The quantitative estimate of drug-likeness (QED) is 0.618. The first-order valence-corrected chi connectivity index (χ1v) is 6.44.